The first-order chi connectivity index (χ1) is 12.9. The highest BCUT2D eigenvalue weighted by molar-refractivity contribution is 6.01. The lowest BCUT2D eigenvalue weighted by molar-refractivity contribution is -0.126. The van der Waals surface area contributed by atoms with Gasteiger partial charge in [-0.05, 0) is 35.4 Å². The van der Waals surface area contributed by atoms with E-state index in [4.69, 9.17) is 0 Å². The molecule has 0 aliphatic carbocycles. The summed E-state index contributed by atoms with van der Waals surface area (Å²) in [6.45, 7) is 0.561. The van der Waals surface area contributed by atoms with E-state index in [9.17, 15) is 18.4 Å². The Labute approximate surface area is 154 Å². The predicted molar refractivity (Wildman–Crippen MR) is 94.3 cm³/mol. The van der Waals surface area contributed by atoms with Crippen molar-refractivity contribution < 1.29 is 18.4 Å². The molecule has 2 heterocycles. The number of benzene rings is 2. The third-order valence-corrected chi connectivity index (χ3v) is 4.90. The largest absolute Gasteiger partial charge is 0.329 e. The molecule has 0 aromatic heterocycles. The number of rotatable bonds is 3. The number of carbonyl (C=O) groups is 2. The van der Waals surface area contributed by atoms with Crippen LogP contribution < -0.4 is 5.32 Å². The molecule has 0 radical (unpaired) electrons. The number of likely N-dealkylation sites (N-methyl/N-ethyl adjacent to an activating group) is 1. The van der Waals surface area contributed by atoms with Crippen molar-refractivity contribution in [2.45, 2.75) is 12.6 Å². The molecule has 5 nitrogen and oxygen atoms in total. The highest BCUT2D eigenvalue weighted by Gasteiger charge is 2.42. The lowest BCUT2D eigenvalue weighted by Gasteiger charge is -2.31. The molecule has 7 heteroatoms. The van der Waals surface area contributed by atoms with Crippen LogP contribution in [-0.4, -0.2) is 35.3 Å². The summed E-state index contributed by atoms with van der Waals surface area (Å²) in [5.74, 6) is -1.00. The summed E-state index contributed by atoms with van der Waals surface area (Å²) in [4.78, 5) is 28.4. The van der Waals surface area contributed by atoms with Crippen LogP contribution in [0.1, 0.15) is 17.2 Å². The average molecular weight is 369 g/mol. The van der Waals surface area contributed by atoms with Gasteiger partial charge in [0.25, 0.3) is 5.91 Å². The van der Waals surface area contributed by atoms with Crippen molar-refractivity contribution >= 4 is 11.9 Å². The monoisotopic (exact) mass is 369 g/mol. The van der Waals surface area contributed by atoms with Gasteiger partial charge in [-0.2, -0.15) is 0 Å². The highest BCUT2D eigenvalue weighted by Crippen LogP contribution is 2.36. The molecule has 0 unspecified atom stereocenters. The van der Waals surface area contributed by atoms with E-state index in [-0.39, 0.29) is 24.3 Å². The minimum atomic E-state index is -0.704. The van der Waals surface area contributed by atoms with Crippen molar-refractivity contribution in [1.82, 2.24) is 15.1 Å². The van der Waals surface area contributed by atoms with Gasteiger partial charge in [-0.15, -0.1) is 0 Å². The molecule has 138 valence electrons. The minimum Gasteiger partial charge on any atom is -0.329 e. The van der Waals surface area contributed by atoms with Crippen LogP contribution in [0.3, 0.4) is 0 Å². The van der Waals surface area contributed by atoms with Gasteiger partial charge in [0.05, 0.1) is 23.9 Å². The van der Waals surface area contributed by atoms with Crippen molar-refractivity contribution in [3.05, 3.63) is 82.6 Å². The molecule has 2 aromatic rings. The number of urea groups is 1. The number of hydrogen-bond acceptors (Lipinski definition) is 2. The number of nitrogens with zero attached hydrogens (tertiary/aromatic N) is 2. The Morgan fingerprint density at radius 2 is 1.81 bits per heavy atom. The SMILES string of the molecule is CN1C(=O)N[C@@H](c2cccc(F)c2)C2=C1CN(Cc1ccc(F)cc1)C2=O. The maximum Gasteiger partial charge on any atom is 0.322 e. The fourth-order valence-electron chi connectivity index (χ4n) is 3.50. The number of halogens is 2. The first kappa shape index (κ1) is 17.2. The Bertz CT molecular complexity index is 956. The van der Waals surface area contributed by atoms with Crippen LogP contribution in [0.4, 0.5) is 13.6 Å². The second-order valence-corrected chi connectivity index (χ2v) is 6.64. The molecule has 0 saturated carbocycles. The minimum absolute atomic E-state index is 0.226. The number of hydrogen-bond donors (Lipinski definition) is 1. The smallest absolute Gasteiger partial charge is 0.322 e. The van der Waals surface area contributed by atoms with Crippen LogP contribution in [0.25, 0.3) is 0 Å². The molecule has 0 fully saturated rings. The summed E-state index contributed by atoms with van der Waals surface area (Å²) in [5.41, 5.74) is 2.33. The molecule has 3 amide bonds. The van der Waals surface area contributed by atoms with Gasteiger partial charge in [0, 0.05) is 13.6 Å². The van der Waals surface area contributed by atoms with E-state index in [2.05, 4.69) is 5.32 Å². The Morgan fingerprint density at radius 3 is 2.52 bits per heavy atom. The normalized spacial score (nSPS) is 19.4. The summed E-state index contributed by atoms with van der Waals surface area (Å²) in [5, 5.41) is 2.77. The van der Waals surface area contributed by atoms with Crippen molar-refractivity contribution in [1.29, 1.82) is 0 Å². The maximum absolute atomic E-state index is 13.7. The maximum atomic E-state index is 13.7. The summed E-state index contributed by atoms with van der Waals surface area (Å²) in [6, 6.07) is 10.7. The molecule has 2 aromatic carbocycles. The lowest BCUT2D eigenvalue weighted by atomic mass is 9.95. The van der Waals surface area contributed by atoms with Crippen LogP contribution in [0, 0.1) is 11.6 Å². The Morgan fingerprint density at radius 1 is 1.07 bits per heavy atom. The Kier molecular flexibility index (Phi) is 4.14. The van der Waals surface area contributed by atoms with Crippen LogP contribution >= 0.6 is 0 Å². The van der Waals surface area contributed by atoms with E-state index in [1.165, 1.54) is 29.2 Å². The summed E-state index contributed by atoms with van der Waals surface area (Å²) in [6.07, 6.45) is 0. The molecule has 1 N–H and O–H groups in total. The van der Waals surface area contributed by atoms with Crippen LogP contribution in [0.15, 0.2) is 59.8 Å². The number of amides is 3. The molecule has 0 spiro atoms. The predicted octanol–water partition coefficient (Wildman–Crippen LogP) is 2.96. The zero-order valence-corrected chi connectivity index (χ0v) is 14.6. The molecule has 2 aliphatic rings. The quantitative estimate of drug-likeness (QED) is 0.904. The summed E-state index contributed by atoms with van der Waals surface area (Å²) in [7, 11) is 1.60. The Hall–Kier alpha value is -3.22. The number of carbonyl (C=O) groups excluding carboxylic acids is 2. The van der Waals surface area contributed by atoms with Gasteiger partial charge in [-0.25, -0.2) is 13.6 Å². The van der Waals surface area contributed by atoms with E-state index in [0.717, 1.165) is 5.56 Å². The van der Waals surface area contributed by atoms with Gasteiger partial charge >= 0.3 is 6.03 Å². The van der Waals surface area contributed by atoms with E-state index in [1.54, 1.807) is 36.2 Å². The van der Waals surface area contributed by atoms with E-state index in [1.807, 2.05) is 0 Å². The van der Waals surface area contributed by atoms with Gasteiger partial charge in [0.2, 0.25) is 0 Å². The van der Waals surface area contributed by atoms with E-state index < -0.39 is 11.9 Å². The van der Waals surface area contributed by atoms with Gasteiger partial charge in [0.15, 0.2) is 0 Å². The fourth-order valence-corrected chi connectivity index (χ4v) is 3.50. The summed E-state index contributed by atoms with van der Waals surface area (Å²) >= 11 is 0. The van der Waals surface area contributed by atoms with Gasteiger partial charge < -0.3 is 10.2 Å². The second kappa shape index (κ2) is 6.50. The molecule has 4 rings (SSSR count). The van der Waals surface area contributed by atoms with Crippen LogP contribution in [0.5, 0.6) is 0 Å². The van der Waals surface area contributed by atoms with Crippen molar-refractivity contribution in [2.75, 3.05) is 13.6 Å². The molecule has 2 aliphatic heterocycles. The van der Waals surface area contributed by atoms with Crippen molar-refractivity contribution in [3.8, 4) is 0 Å². The summed E-state index contributed by atoms with van der Waals surface area (Å²) < 4.78 is 26.8. The molecule has 0 bridgehead atoms. The first-order valence-electron chi connectivity index (χ1n) is 8.50. The number of nitrogens with one attached hydrogen (secondary N) is 1. The van der Waals surface area contributed by atoms with Gasteiger partial charge in [-0.1, -0.05) is 24.3 Å². The fraction of sp³-hybridized carbons (Fsp3) is 0.200. The molecule has 27 heavy (non-hydrogen) atoms. The van der Waals surface area contributed by atoms with Crippen molar-refractivity contribution in [3.63, 3.8) is 0 Å². The van der Waals surface area contributed by atoms with E-state index >= 15 is 0 Å². The molecule has 0 saturated heterocycles. The van der Waals surface area contributed by atoms with Crippen molar-refractivity contribution in [2.24, 2.45) is 0 Å². The first-order valence-corrected chi connectivity index (χ1v) is 8.50. The topological polar surface area (TPSA) is 52.7 Å². The second-order valence-electron chi connectivity index (χ2n) is 6.64. The molecular weight excluding hydrogens is 352 g/mol. The molecular formula is C20H17F2N3O2. The van der Waals surface area contributed by atoms with Gasteiger partial charge in [-0.3, -0.25) is 9.69 Å². The average Bonchev–Trinajstić information content (AvgIpc) is 2.97. The van der Waals surface area contributed by atoms with E-state index in [0.29, 0.717) is 23.4 Å². The van der Waals surface area contributed by atoms with Gasteiger partial charge in [0.1, 0.15) is 11.6 Å². The third kappa shape index (κ3) is 3.05. The zero-order valence-electron chi connectivity index (χ0n) is 14.6. The third-order valence-electron chi connectivity index (χ3n) is 4.90. The standard InChI is InChI=1S/C20H17F2N3O2/c1-24-16-11-25(10-12-5-7-14(21)8-6-12)19(26)17(16)18(23-20(24)27)13-3-2-4-15(22)9-13/h2-9,18H,10-11H2,1H3,(H,23,27)/t18-/m0/s1. The Balaban J connectivity index is 1.66. The molecule has 1 atom stereocenters. The van der Waals surface area contributed by atoms with Crippen LogP contribution in [0.2, 0.25) is 0 Å². The zero-order chi connectivity index (χ0) is 19.1. The lowest BCUT2D eigenvalue weighted by Crippen LogP contribution is -2.45. The van der Waals surface area contributed by atoms with Crippen LogP contribution in [-0.2, 0) is 11.3 Å². The highest BCUT2D eigenvalue weighted by atomic mass is 19.1.